The molecule has 3 rings (SSSR count). The highest BCUT2D eigenvalue weighted by atomic mass is 16.5. The minimum Gasteiger partial charge on any atom is -0.492 e. The number of rotatable bonds is 4. The van der Waals surface area contributed by atoms with Gasteiger partial charge in [-0.15, -0.1) is 0 Å². The average Bonchev–Trinajstić information content (AvgIpc) is 2.97. The van der Waals surface area contributed by atoms with E-state index in [1.54, 1.807) is 0 Å². The fourth-order valence-corrected chi connectivity index (χ4v) is 2.64. The van der Waals surface area contributed by atoms with Gasteiger partial charge >= 0.3 is 0 Å². The molecule has 1 aliphatic heterocycles. The van der Waals surface area contributed by atoms with Crippen LogP contribution in [0.3, 0.4) is 0 Å². The van der Waals surface area contributed by atoms with Crippen LogP contribution in [-0.4, -0.2) is 12.5 Å². The lowest BCUT2D eigenvalue weighted by Crippen LogP contribution is -2.13. The van der Waals surface area contributed by atoms with Gasteiger partial charge in [0.05, 0.1) is 12.3 Å². The molecule has 1 heterocycles. The quantitative estimate of drug-likeness (QED) is 0.910. The Hall–Kier alpha value is -2.33. The summed E-state index contributed by atoms with van der Waals surface area (Å²) in [5.74, 6) is 0.596. The van der Waals surface area contributed by atoms with Gasteiger partial charge in [-0.1, -0.05) is 12.1 Å². The summed E-state index contributed by atoms with van der Waals surface area (Å²) in [4.78, 5) is 12.5. The molecule has 1 amide bonds. The third-order valence-electron chi connectivity index (χ3n) is 3.78. The molecule has 1 aliphatic rings. The molecule has 22 heavy (non-hydrogen) atoms. The Labute approximate surface area is 130 Å². The van der Waals surface area contributed by atoms with E-state index in [0.717, 1.165) is 18.7 Å². The molecule has 0 aromatic heterocycles. The zero-order valence-corrected chi connectivity index (χ0v) is 12.9. The summed E-state index contributed by atoms with van der Waals surface area (Å²) in [6, 6.07) is 11.6. The van der Waals surface area contributed by atoms with Crippen molar-refractivity contribution in [2.75, 3.05) is 11.9 Å². The van der Waals surface area contributed by atoms with Gasteiger partial charge in [-0.2, -0.15) is 0 Å². The zero-order valence-electron chi connectivity index (χ0n) is 12.9. The highest BCUT2D eigenvalue weighted by molar-refractivity contribution is 6.05. The molecule has 0 unspecified atom stereocenters. The molecule has 4 heteroatoms. The van der Waals surface area contributed by atoms with Gasteiger partial charge in [-0.05, 0) is 54.8 Å². The standard InChI is InChI=1S/C18H20N2O2/c1-3-22-17-8-12(2)4-7-16(17)20-18(21)13-5-6-14-10-19-11-15(14)9-13/h4-9,19H,3,10-11H2,1-2H3,(H,20,21). The maximum absolute atomic E-state index is 12.5. The second-order valence-corrected chi connectivity index (χ2v) is 5.47. The van der Waals surface area contributed by atoms with Gasteiger partial charge in [0.2, 0.25) is 0 Å². The molecular formula is C18H20N2O2. The van der Waals surface area contributed by atoms with E-state index in [1.807, 2.05) is 50.2 Å². The summed E-state index contributed by atoms with van der Waals surface area (Å²) in [5.41, 5.74) is 4.94. The average molecular weight is 296 g/mol. The Morgan fingerprint density at radius 1 is 1.18 bits per heavy atom. The van der Waals surface area contributed by atoms with Crippen molar-refractivity contribution in [3.63, 3.8) is 0 Å². The molecule has 0 saturated carbocycles. The molecule has 2 aromatic rings. The zero-order chi connectivity index (χ0) is 15.5. The topological polar surface area (TPSA) is 50.4 Å². The van der Waals surface area contributed by atoms with Crippen molar-refractivity contribution in [2.45, 2.75) is 26.9 Å². The van der Waals surface area contributed by atoms with Crippen molar-refractivity contribution >= 4 is 11.6 Å². The molecule has 2 N–H and O–H groups in total. The number of fused-ring (bicyclic) bond motifs is 1. The fourth-order valence-electron chi connectivity index (χ4n) is 2.64. The number of hydrogen-bond acceptors (Lipinski definition) is 3. The number of anilines is 1. The van der Waals surface area contributed by atoms with E-state index in [0.29, 0.717) is 23.6 Å². The van der Waals surface area contributed by atoms with Gasteiger partial charge in [0.1, 0.15) is 5.75 Å². The molecule has 0 aliphatic carbocycles. The molecule has 0 radical (unpaired) electrons. The van der Waals surface area contributed by atoms with Crippen LogP contribution in [-0.2, 0) is 13.1 Å². The second-order valence-electron chi connectivity index (χ2n) is 5.47. The summed E-state index contributed by atoms with van der Waals surface area (Å²) in [5, 5.41) is 6.23. The number of ether oxygens (including phenoxy) is 1. The lowest BCUT2D eigenvalue weighted by Gasteiger charge is -2.12. The number of amides is 1. The molecule has 4 nitrogen and oxygen atoms in total. The predicted octanol–water partition coefficient (Wildman–Crippen LogP) is 3.25. The van der Waals surface area contributed by atoms with Crippen molar-refractivity contribution < 1.29 is 9.53 Å². The van der Waals surface area contributed by atoms with Gasteiger partial charge in [0.25, 0.3) is 5.91 Å². The molecule has 0 bridgehead atoms. The van der Waals surface area contributed by atoms with Crippen LogP contribution < -0.4 is 15.4 Å². The summed E-state index contributed by atoms with van der Waals surface area (Å²) in [6.45, 7) is 6.20. The van der Waals surface area contributed by atoms with Gasteiger partial charge in [-0.25, -0.2) is 0 Å². The van der Waals surface area contributed by atoms with Gasteiger partial charge in [-0.3, -0.25) is 4.79 Å². The largest absolute Gasteiger partial charge is 0.492 e. The first kappa shape index (κ1) is 14.6. The second kappa shape index (κ2) is 6.20. The lowest BCUT2D eigenvalue weighted by atomic mass is 10.1. The van der Waals surface area contributed by atoms with Crippen molar-refractivity contribution in [1.82, 2.24) is 5.32 Å². The molecule has 2 aromatic carbocycles. The van der Waals surface area contributed by atoms with Crippen LogP contribution >= 0.6 is 0 Å². The van der Waals surface area contributed by atoms with Crippen LogP contribution in [0.25, 0.3) is 0 Å². The van der Waals surface area contributed by atoms with Crippen molar-refractivity contribution in [1.29, 1.82) is 0 Å². The van der Waals surface area contributed by atoms with Crippen LogP contribution in [0.4, 0.5) is 5.69 Å². The van der Waals surface area contributed by atoms with E-state index in [1.165, 1.54) is 11.1 Å². The number of carbonyl (C=O) groups is 1. The van der Waals surface area contributed by atoms with E-state index >= 15 is 0 Å². The van der Waals surface area contributed by atoms with Gasteiger partial charge in [0.15, 0.2) is 0 Å². The SMILES string of the molecule is CCOc1cc(C)ccc1NC(=O)c1ccc2c(c1)CNC2. The molecular weight excluding hydrogens is 276 g/mol. The highest BCUT2D eigenvalue weighted by Gasteiger charge is 2.15. The molecule has 0 atom stereocenters. The van der Waals surface area contributed by atoms with Crippen molar-refractivity contribution in [3.8, 4) is 5.75 Å². The number of benzene rings is 2. The van der Waals surface area contributed by atoms with Gasteiger partial charge in [0, 0.05) is 18.7 Å². The van der Waals surface area contributed by atoms with Crippen molar-refractivity contribution in [3.05, 3.63) is 58.7 Å². The van der Waals surface area contributed by atoms with E-state index in [-0.39, 0.29) is 5.91 Å². The van der Waals surface area contributed by atoms with Crippen molar-refractivity contribution in [2.24, 2.45) is 0 Å². The van der Waals surface area contributed by atoms with Crippen LogP contribution in [0.2, 0.25) is 0 Å². The summed E-state index contributed by atoms with van der Waals surface area (Å²) in [7, 11) is 0. The van der Waals surface area contributed by atoms with Crippen LogP contribution in [0.15, 0.2) is 36.4 Å². The molecule has 114 valence electrons. The van der Waals surface area contributed by atoms with Gasteiger partial charge < -0.3 is 15.4 Å². The van der Waals surface area contributed by atoms with Crippen LogP contribution in [0.1, 0.15) is 34.0 Å². The minimum absolute atomic E-state index is 0.112. The Balaban J connectivity index is 1.82. The smallest absolute Gasteiger partial charge is 0.255 e. The fraction of sp³-hybridized carbons (Fsp3) is 0.278. The molecule has 0 fully saturated rings. The Bertz CT molecular complexity index is 710. The highest BCUT2D eigenvalue weighted by Crippen LogP contribution is 2.26. The van der Waals surface area contributed by atoms with Crippen LogP contribution in [0, 0.1) is 6.92 Å². The lowest BCUT2D eigenvalue weighted by molar-refractivity contribution is 0.102. The maximum Gasteiger partial charge on any atom is 0.255 e. The Morgan fingerprint density at radius 2 is 2.00 bits per heavy atom. The Kier molecular flexibility index (Phi) is 4.11. The first-order chi connectivity index (χ1) is 10.7. The third kappa shape index (κ3) is 2.97. The normalized spacial score (nSPS) is 12.8. The summed E-state index contributed by atoms with van der Waals surface area (Å²) < 4.78 is 5.60. The minimum atomic E-state index is -0.112. The van der Waals surface area contributed by atoms with E-state index in [4.69, 9.17) is 4.74 Å². The first-order valence-electron chi connectivity index (χ1n) is 7.54. The van der Waals surface area contributed by atoms with Crippen LogP contribution in [0.5, 0.6) is 5.75 Å². The maximum atomic E-state index is 12.5. The number of carbonyl (C=O) groups excluding carboxylic acids is 1. The Morgan fingerprint density at radius 3 is 2.82 bits per heavy atom. The number of hydrogen-bond donors (Lipinski definition) is 2. The summed E-state index contributed by atoms with van der Waals surface area (Å²) in [6.07, 6.45) is 0. The van der Waals surface area contributed by atoms with E-state index in [9.17, 15) is 4.79 Å². The monoisotopic (exact) mass is 296 g/mol. The summed E-state index contributed by atoms with van der Waals surface area (Å²) >= 11 is 0. The third-order valence-corrected chi connectivity index (χ3v) is 3.78. The number of aryl methyl sites for hydroxylation is 1. The number of nitrogens with one attached hydrogen (secondary N) is 2. The molecule has 0 saturated heterocycles. The predicted molar refractivity (Wildman–Crippen MR) is 87.3 cm³/mol. The molecule has 0 spiro atoms. The first-order valence-corrected chi connectivity index (χ1v) is 7.54. The van der Waals surface area contributed by atoms with E-state index in [2.05, 4.69) is 10.6 Å². The van der Waals surface area contributed by atoms with E-state index < -0.39 is 0 Å².